The van der Waals surface area contributed by atoms with E-state index in [0.717, 1.165) is 45.5 Å². The second-order valence-electron chi connectivity index (χ2n) is 5.56. The summed E-state index contributed by atoms with van der Waals surface area (Å²) in [7, 11) is 1.74. The maximum Gasteiger partial charge on any atom is 0.137 e. The number of rotatable bonds is 7. The first kappa shape index (κ1) is 14.7. The van der Waals surface area contributed by atoms with Gasteiger partial charge in [-0.15, -0.1) is 0 Å². The Hall–Kier alpha value is -0.410. The number of hydrogen-bond donors (Lipinski definition) is 0. The van der Waals surface area contributed by atoms with Crippen LogP contribution in [0.15, 0.2) is 0 Å². The summed E-state index contributed by atoms with van der Waals surface area (Å²) in [6, 6.07) is 0. The predicted molar refractivity (Wildman–Crippen MR) is 70.1 cm³/mol. The van der Waals surface area contributed by atoms with Gasteiger partial charge in [-0.25, -0.2) is 0 Å². The van der Waals surface area contributed by atoms with Crippen molar-refractivity contribution in [2.75, 3.05) is 33.4 Å². The second kappa shape index (κ2) is 7.83. The van der Waals surface area contributed by atoms with E-state index in [0.29, 0.717) is 11.7 Å². The molecule has 0 spiro atoms. The van der Waals surface area contributed by atoms with Crippen LogP contribution in [0.2, 0.25) is 0 Å². The van der Waals surface area contributed by atoms with Crippen LogP contribution in [0.3, 0.4) is 0 Å². The van der Waals surface area contributed by atoms with Crippen LogP contribution in [-0.4, -0.2) is 44.0 Å². The molecule has 0 aromatic rings. The molecule has 0 bridgehead atoms. The molecule has 0 saturated heterocycles. The predicted octanol–water partition coefficient (Wildman–Crippen LogP) is 2.35. The lowest BCUT2D eigenvalue weighted by Gasteiger charge is -2.29. The van der Waals surface area contributed by atoms with Crippen molar-refractivity contribution in [2.45, 2.75) is 39.5 Å². The molecule has 0 heterocycles. The minimum atomic E-state index is 0.277. The Morgan fingerprint density at radius 2 is 2.18 bits per heavy atom. The van der Waals surface area contributed by atoms with E-state index < -0.39 is 0 Å². The number of hydrogen-bond acceptors (Lipinski definition) is 3. The molecule has 17 heavy (non-hydrogen) atoms. The molecular weight excluding hydrogens is 214 g/mol. The summed E-state index contributed by atoms with van der Waals surface area (Å²) < 4.78 is 5.14. The zero-order chi connectivity index (χ0) is 12.7. The van der Waals surface area contributed by atoms with Crippen molar-refractivity contribution < 1.29 is 9.53 Å². The average Bonchev–Trinajstić information content (AvgIpc) is 2.28. The average molecular weight is 241 g/mol. The fraction of sp³-hybridized carbons (Fsp3) is 0.929. The standard InChI is InChI=1S/C14H27NO2/c1-12(2)10-15(8-9-17-3)11-13-6-4-5-7-14(13)16/h12-13H,4-11H2,1-3H3. The highest BCUT2D eigenvalue weighted by molar-refractivity contribution is 5.81. The maximum absolute atomic E-state index is 11.8. The molecule has 100 valence electrons. The summed E-state index contributed by atoms with van der Waals surface area (Å²) in [5, 5.41) is 0. The van der Waals surface area contributed by atoms with Gasteiger partial charge in [-0.05, 0) is 18.8 Å². The van der Waals surface area contributed by atoms with Crippen LogP contribution >= 0.6 is 0 Å². The van der Waals surface area contributed by atoms with Gasteiger partial charge in [-0.3, -0.25) is 4.79 Å². The topological polar surface area (TPSA) is 29.5 Å². The van der Waals surface area contributed by atoms with E-state index >= 15 is 0 Å². The molecule has 1 rings (SSSR count). The van der Waals surface area contributed by atoms with Crippen molar-refractivity contribution in [1.82, 2.24) is 4.90 Å². The SMILES string of the molecule is COCCN(CC(C)C)CC1CCCCC1=O. The van der Waals surface area contributed by atoms with Gasteiger partial charge in [-0.1, -0.05) is 20.3 Å². The first-order valence-electron chi connectivity index (χ1n) is 6.87. The Balaban J connectivity index is 2.42. The number of carbonyl (C=O) groups excluding carboxylic acids is 1. The van der Waals surface area contributed by atoms with Crippen molar-refractivity contribution in [3.8, 4) is 0 Å². The Morgan fingerprint density at radius 3 is 2.76 bits per heavy atom. The molecule has 0 amide bonds. The van der Waals surface area contributed by atoms with E-state index in [1.165, 1.54) is 6.42 Å². The number of nitrogens with zero attached hydrogens (tertiary/aromatic N) is 1. The normalized spacial score (nSPS) is 21.5. The number of methoxy groups -OCH3 is 1. The fourth-order valence-corrected chi connectivity index (χ4v) is 2.55. The minimum absolute atomic E-state index is 0.277. The molecule has 3 heteroatoms. The maximum atomic E-state index is 11.8. The van der Waals surface area contributed by atoms with Gasteiger partial charge in [0.2, 0.25) is 0 Å². The quantitative estimate of drug-likeness (QED) is 0.685. The molecule has 0 aliphatic heterocycles. The van der Waals surface area contributed by atoms with Gasteiger partial charge >= 0.3 is 0 Å². The van der Waals surface area contributed by atoms with Gasteiger partial charge in [0.15, 0.2) is 0 Å². The summed E-state index contributed by atoms with van der Waals surface area (Å²) in [6.07, 6.45) is 4.19. The lowest BCUT2D eigenvalue weighted by atomic mass is 9.87. The highest BCUT2D eigenvalue weighted by Gasteiger charge is 2.24. The van der Waals surface area contributed by atoms with Crippen molar-refractivity contribution >= 4 is 5.78 Å². The van der Waals surface area contributed by atoms with Crippen LogP contribution in [0.5, 0.6) is 0 Å². The summed E-state index contributed by atoms with van der Waals surface area (Å²) in [4.78, 5) is 14.2. The Bertz CT molecular complexity index is 228. The van der Waals surface area contributed by atoms with Gasteiger partial charge in [0.1, 0.15) is 5.78 Å². The number of ether oxygens (including phenoxy) is 1. The fourth-order valence-electron chi connectivity index (χ4n) is 2.55. The highest BCUT2D eigenvalue weighted by Crippen LogP contribution is 2.21. The van der Waals surface area contributed by atoms with Crippen LogP contribution in [0, 0.1) is 11.8 Å². The number of ketones is 1. The molecule has 0 radical (unpaired) electrons. The van der Waals surface area contributed by atoms with Gasteiger partial charge < -0.3 is 9.64 Å². The van der Waals surface area contributed by atoms with Crippen LogP contribution in [-0.2, 0) is 9.53 Å². The molecule has 1 unspecified atom stereocenters. The van der Waals surface area contributed by atoms with Crippen molar-refractivity contribution in [3.05, 3.63) is 0 Å². The van der Waals surface area contributed by atoms with E-state index in [2.05, 4.69) is 18.7 Å². The van der Waals surface area contributed by atoms with E-state index in [9.17, 15) is 4.79 Å². The molecule has 0 aromatic heterocycles. The summed E-state index contributed by atoms with van der Waals surface area (Å²) >= 11 is 0. The van der Waals surface area contributed by atoms with E-state index in [1.807, 2.05) is 0 Å². The van der Waals surface area contributed by atoms with Crippen molar-refractivity contribution in [1.29, 1.82) is 0 Å². The third-order valence-corrected chi connectivity index (χ3v) is 3.39. The summed E-state index contributed by atoms with van der Waals surface area (Å²) in [5.74, 6) is 1.40. The van der Waals surface area contributed by atoms with Gasteiger partial charge in [0, 0.05) is 39.1 Å². The minimum Gasteiger partial charge on any atom is -0.383 e. The zero-order valence-corrected chi connectivity index (χ0v) is 11.6. The van der Waals surface area contributed by atoms with Crippen LogP contribution in [0.1, 0.15) is 39.5 Å². The Morgan fingerprint density at radius 1 is 1.41 bits per heavy atom. The molecule has 1 aliphatic carbocycles. The van der Waals surface area contributed by atoms with E-state index in [1.54, 1.807) is 7.11 Å². The lowest BCUT2D eigenvalue weighted by molar-refractivity contribution is -0.125. The monoisotopic (exact) mass is 241 g/mol. The molecule has 0 N–H and O–H groups in total. The van der Waals surface area contributed by atoms with Crippen molar-refractivity contribution in [2.24, 2.45) is 11.8 Å². The summed E-state index contributed by atoms with van der Waals surface area (Å²) in [6.45, 7) is 8.14. The van der Waals surface area contributed by atoms with Gasteiger partial charge in [0.25, 0.3) is 0 Å². The molecular formula is C14H27NO2. The lowest BCUT2D eigenvalue weighted by Crippen LogP contribution is -2.38. The summed E-state index contributed by atoms with van der Waals surface area (Å²) in [5.41, 5.74) is 0. The van der Waals surface area contributed by atoms with Gasteiger partial charge in [-0.2, -0.15) is 0 Å². The Labute approximate surface area is 106 Å². The number of carbonyl (C=O) groups is 1. The van der Waals surface area contributed by atoms with E-state index in [4.69, 9.17) is 4.74 Å². The first-order valence-corrected chi connectivity index (χ1v) is 6.87. The van der Waals surface area contributed by atoms with Crippen LogP contribution in [0.4, 0.5) is 0 Å². The number of Topliss-reactive ketones (excluding diaryl/α,β-unsaturated/α-hetero) is 1. The smallest absolute Gasteiger partial charge is 0.137 e. The molecule has 1 fully saturated rings. The molecule has 1 aliphatic rings. The molecule has 1 atom stereocenters. The third kappa shape index (κ3) is 5.64. The second-order valence-corrected chi connectivity index (χ2v) is 5.56. The van der Waals surface area contributed by atoms with E-state index in [-0.39, 0.29) is 5.92 Å². The van der Waals surface area contributed by atoms with Crippen molar-refractivity contribution in [3.63, 3.8) is 0 Å². The zero-order valence-electron chi connectivity index (χ0n) is 11.6. The molecule has 1 saturated carbocycles. The first-order chi connectivity index (χ1) is 8.13. The van der Waals surface area contributed by atoms with Crippen LogP contribution in [0.25, 0.3) is 0 Å². The molecule has 0 aromatic carbocycles. The largest absolute Gasteiger partial charge is 0.383 e. The van der Waals surface area contributed by atoms with Gasteiger partial charge in [0.05, 0.1) is 6.61 Å². The van der Waals surface area contributed by atoms with Crippen LogP contribution < -0.4 is 0 Å². The highest BCUT2D eigenvalue weighted by atomic mass is 16.5. The molecule has 3 nitrogen and oxygen atoms in total. The Kier molecular flexibility index (Phi) is 6.75. The third-order valence-electron chi connectivity index (χ3n) is 3.39.